The highest BCUT2D eigenvalue weighted by atomic mass is 32.1. The van der Waals surface area contributed by atoms with Crippen molar-refractivity contribution in [3.8, 4) is 0 Å². The van der Waals surface area contributed by atoms with Crippen LogP contribution in [0.5, 0.6) is 0 Å². The third-order valence-electron chi connectivity index (χ3n) is 3.67. The zero-order valence-electron chi connectivity index (χ0n) is 11.2. The van der Waals surface area contributed by atoms with Gasteiger partial charge in [-0.3, -0.25) is 9.69 Å². The van der Waals surface area contributed by atoms with Crippen LogP contribution in [-0.2, 0) is 6.54 Å². The Morgan fingerprint density at radius 1 is 1.25 bits per heavy atom. The lowest BCUT2D eigenvalue weighted by molar-refractivity contribution is 0.221. The van der Waals surface area contributed by atoms with Crippen molar-refractivity contribution in [1.82, 2.24) is 19.8 Å². The summed E-state index contributed by atoms with van der Waals surface area (Å²) in [6.07, 6.45) is 0.979. The summed E-state index contributed by atoms with van der Waals surface area (Å²) in [5.74, 6) is 0.983. The van der Waals surface area contributed by atoms with Gasteiger partial charge in [-0.15, -0.1) is 0 Å². The lowest BCUT2D eigenvalue weighted by Gasteiger charge is -2.19. The van der Waals surface area contributed by atoms with Gasteiger partial charge in [0.2, 0.25) is 0 Å². The lowest BCUT2D eigenvalue weighted by Crippen LogP contribution is -2.32. The molecular formula is C14H18N4OS. The minimum Gasteiger partial charge on any atom is -0.341 e. The molecule has 1 aromatic carbocycles. The SMILES string of the molecule is O=C(S)N1CCCN(Cc2nc3ccccc3[nH]2)CC1. The number of para-hydroxylation sites is 2. The summed E-state index contributed by atoms with van der Waals surface area (Å²) in [5.41, 5.74) is 2.08. The fraction of sp³-hybridized carbons (Fsp3) is 0.429. The van der Waals surface area contributed by atoms with Gasteiger partial charge in [-0.2, -0.15) is 0 Å². The molecule has 0 bridgehead atoms. The van der Waals surface area contributed by atoms with E-state index in [-0.39, 0.29) is 5.24 Å². The first-order valence-electron chi connectivity index (χ1n) is 6.86. The van der Waals surface area contributed by atoms with Gasteiger partial charge in [-0.25, -0.2) is 4.98 Å². The first kappa shape index (κ1) is 13.5. The molecule has 1 aliphatic rings. The molecule has 20 heavy (non-hydrogen) atoms. The number of hydrogen-bond acceptors (Lipinski definition) is 3. The van der Waals surface area contributed by atoms with Crippen LogP contribution >= 0.6 is 12.6 Å². The maximum atomic E-state index is 11.3. The molecule has 1 amide bonds. The molecule has 106 valence electrons. The summed E-state index contributed by atoms with van der Waals surface area (Å²) in [5, 5.41) is -0.129. The van der Waals surface area contributed by atoms with E-state index in [0.29, 0.717) is 0 Å². The number of thiol groups is 1. The van der Waals surface area contributed by atoms with Crippen molar-refractivity contribution < 1.29 is 4.79 Å². The zero-order valence-corrected chi connectivity index (χ0v) is 12.1. The number of imidazole rings is 1. The number of amides is 1. The van der Waals surface area contributed by atoms with Gasteiger partial charge in [0.15, 0.2) is 0 Å². The van der Waals surface area contributed by atoms with Crippen molar-refractivity contribution in [2.24, 2.45) is 0 Å². The number of nitrogens with one attached hydrogen (secondary N) is 1. The van der Waals surface area contributed by atoms with Gasteiger partial charge in [0, 0.05) is 26.2 Å². The number of aromatic amines is 1. The number of benzene rings is 1. The normalized spacial score (nSPS) is 17.4. The molecule has 1 aromatic heterocycles. The molecule has 0 saturated carbocycles. The van der Waals surface area contributed by atoms with E-state index in [2.05, 4.69) is 27.5 Å². The van der Waals surface area contributed by atoms with Gasteiger partial charge in [0.1, 0.15) is 5.82 Å². The van der Waals surface area contributed by atoms with E-state index in [1.807, 2.05) is 24.3 Å². The molecular weight excluding hydrogens is 272 g/mol. The number of aromatic nitrogens is 2. The van der Waals surface area contributed by atoms with Crippen LogP contribution in [0.3, 0.4) is 0 Å². The highest BCUT2D eigenvalue weighted by Gasteiger charge is 2.17. The van der Waals surface area contributed by atoms with Gasteiger partial charge in [-0.1, -0.05) is 24.8 Å². The van der Waals surface area contributed by atoms with Crippen LogP contribution in [-0.4, -0.2) is 51.2 Å². The molecule has 0 unspecified atom stereocenters. The van der Waals surface area contributed by atoms with Crippen molar-refractivity contribution in [3.63, 3.8) is 0 Å². The van der Waals surface area contributed by atoms with Crippen LogP contribution < -0.4 is 0 Å². The van der Waals surface area contributed by atoms with Crippen LogP contribution in [0.4, 0.5) is 4.79 Å². The first-order valence-corrected chi connectivity index (χ1v) is 7.31. The summed E-state index contributed by atoms with van der Waals surface area (Å²) in [7, 11) is 0. The molecule has 5 nitrogen and oxygen atoms in total. The highest BCUT2D eigenvalue weighted by molar-refractivity contribution is 7.96. The minimum absolute atomic E-state index is 0.129. The second kappa shape index (κ2) is 5.85. The average molecular weight is 290 g/mol. The molecule has 2 heterocycles. The Bertz CT molecular complexity index is 579. The Balaban J connectivity index is 1.66. The third kappa shape index (κ3) is 2.96. The molecule has 3 rings (SSSR count). The molecule has 1 saturated heterocycles. The van der Waals surface area contributed by atoms with Crippen LogP contribution in [0.15, 0.2) is 24.3 Å². The quantitative estimate of drug-likeness (QED) is 0.833. The average Bonchev–Trinajstić information content (AvgIpc) is 2.68. The number of hydrogen-bond donors (Lipinski definition) is 2. The number of carbonyl (C=O) groups excluding carboxylic acids is 1. The molecule has 0 radical (unpaired) electrons. The van der Waals surface area contributed by atoms with Crippen molar-refractivity contribution in [2.45, 2.75) is 13.0 Å². The summed E-state index contributed by atoms with van der Waals surface area (Å²) in [6, 6.07) is 8.05. The molecule has 1 fully saturated rings. The Kier molecular flexibility index (Phi) is 3.93. The predicted molar refractivity (Wildman–Crippen MR) is 81.9 cm³/mol. The molecule has 0 spiro atoms. The number of H-pyrrole nitrogens is 1. The summed E-state index contributed by atoms with van der Waals surface area (Å²) >= 11 is 3.90. The van der Waals surface area contributed by atoms with Crippen molar-refractivity contribution >= 4 is 28.9 Å². The Morgan fingerprint density at radius 3 is 2.90 bits per heavy atom. The van der Waals surface area contributed by atoms with Crippen molar-refractivity contribution in [2.75, 3.05) is 26.2 Å². The first-order chi connectivity index (χ1) is 9.72. The number of carbonyl (C=O) groups is 1. The Labute approximate surface area is 123 Å². The van der Waals surface area contributed by atoms with Crippen LogP contribution in [0, 0.1) is 0 Å². The molecule has 6 heteroatoms. The molecule has 2 aromatic rings. The smallest absolute Gasteiger partial charge is 0.278 e. The van der Waals surface area contributed by atoms with E-state index < -0.39 is 0 Å². The maximum Gasteiger partial charge on any atom is 0.278 e. The number of fused-ring (bicyclic) bond motifs is 1. The fourth-order valence-electron chi connectivity index (χ4n) is 2.61. The largest absolute Gasteiger partial charge is 0.341 e. The molecule has 1 N–H and O–H groups in total. The number of rotatable bonds is 2. The van der Waals surface area contributed by atoms with Gasteiger partial charge >= 0.3 is 0 Å². The molecule has 1 aliphatic heterocycles. The van der Waals surface area contributed by atoms with E-state index in [1.165, 1.54) is 0 Å². The van der Waals surface area contributed by atoms with Crippen molar-refractivity contribution in [3.05, 3.63) is 30.1 Å². The molecule has 0 atom stereocenters. The predicted octanol–water partition coefficient (Wildman–Crippen LogP) is 2.12. The minimum atomic E-state index is -0.129. The van der Waals surface area contributed by atoms with E-state index in [0.717, 1.165) is 56.0 Å². The van der Waals surface area contributed by atoms with Gasteiger partial charge in [0.05, 0.1) is 17.6 Å². The second-order valence-corrected chi connectivity index (χ2v) is 5.48. The second-order valence-electron chi connectivity index (χ2n) is 5.10. The Morgan fingerprint density at radius 2 is 2.10 bits per heavy atom. The third-order valence-corrected chi connectivity index (χ3v) is 3.95. The standard InChI is InChI=1S/C14H18N4OS/c19-14(20)18-7-3-6-17(8-9-18)10-13-15-11-4-1-2-5-12(11)16-13/h1-2,4-5H,3,6-10H2,(H,15,16)(H,19,20). The van der Waals surface area contributed by atoms with E-state index in [1.54, 1.807) is 4.90 Å². The van der Waals surface area contributed by atoms with Crippen LogP contribution in [0.1, 0.15) is 12.2 Å². The van der Waals surface area contributed by atoms with Gasteiger partial charge in [-0.05, 0) is 18.6 Å². The summed E-state index contributed by atoms with van der Waals surface area (Å²) in [4.78, 5) is 23.4. The van der Waals surface area contributed by atoms with E-state index in [4.69, 9.17) is 0 Å². The van der Waals surface area contributed by atoms with Gasteiger partial charge in [0.25, 0.3) is 5.24 Å². The number of nitrogens with zero attached hydrogens (tertiary/aromatic N) is 3. The summed E-state index contributed by atoms with van der Waals surface area (Å²) in [6.45, 7) is 4.17. The summed E-state index contributed by atoms with van der Waals surface area (Å²) < 4.78 is 0. The zero-order chi connectivity index (χ0) is 13.9. The topological polar surface area (TPSA) is 52.2 Å². The maximum absolute atomic E-state index is 11.3. The van der Waals surface area contributed by atoms with E-state index in [9.17, 15) is 4.79 Å². The lowest BCUT2D eigenvalue weighted by atomic mass is 10.3. The van der Waals surface area contributed by atoms with Crippen LogP contribution in [0.2, 0.25) is 0 Å². The highest BCUT2D eigenvalue weighted by Crippen LogP contribution is 2.13. The van der Waals surface area contributed by atoms with Crippen LogP contribution in [0.25, 0.3) is 11.0 Å². The molecule has 0 aliphatic carbocycles. The van der Waals surface area contributed by atoms with E-state index >= 15 is 0 Å². The van der Waals surface area contributed by atoms with Gasteiger partial charge < -0.3 is 9.88 Å². The van der Waals surface area contributed by atoms with Crippen molar-refractivity contribution in [1.29, 1.82) is 0 Å². The Hall–Kier alpha value is -1.53. The fourth-order valence-corrected chi connectivity index (χ4v) is 2.81. The monoisotopic (exact) mass is 290 g/mol.